The molecule has 2 aromatic carbocycles. The van der Waals surface area contributed by atoms with Gasteiger partial charge in [-0.2, -0.15) is 0 Å². The molecular formula is C18H19NO5. The van der Waals surface area contributed by atoms with Crippen molar-refractivity contribution in [3.8, 4) is 22.6 Å². The molecule has 0 bridgehead atoms. The minimum atomic E-state index is -1.03. The van der Waals surface area contributed by atoms with Gasteiger partial charge < -0.3 is 24.6 Å². The number of fused-ring (bicyclic) bond motifs is 1. The van der Waals surface area contributed by atoms with E-state index in [0.717, 1.165) is 22.4 Å². The van der Waals surface area contributed by atoms with E-state index < -0.39 is 6.09 Å². The van der Waals surface area contributed by atoms with Gasteiger partial charge in [0.05, 0.1) is 12.6 Å². The molecule has 6 nitrogen and oxygen atoms in total. The molecule has 0 radical (unpaired) electrons. The van der Waals surface area contributed by atoms with Crippen LogP contribution in [0.4, 0.5) is 4.79 Å². The molecule has 0 spiro atoms. The summed E-state index contributed by atoms with van der Waals surface area (Å²) in [6.07, 6.45) is -0.404. The molecule has 6 heteroatoms. The van der Waals surface area contributed by atoms with Crippen molar-refractivity contribution in [2.45, 2.75) is 12.5 Å². The predicted molar refractivity (Wildman–Crippen MR) is 88.4 cm³/mol. The van der Waals surface area contributed by atoms with Gasteiger partial charge in [0.1, 0.15) is 11.5 Å². The van der Waals surface area contributed by atoms with Crippen LogP contribution in [0.5, 0.6) is 11.5 Å². The van der Waals surface area contributed by atoms with E-state index in [1.165, 1.54) is 0 Å². The highest BCUT2D eigenvalue weighted by Crippen LogP contribution is 2.36. The van der Waals surface area contributed by atoms with Crippen molar-refractivity contribution in [2.24, 2.45) is 0 Å². The number of hydrogen-bond donors (Lipinski definition) is 2. The van der Waals surface area contributed by atoms with E-state index >= 15 is 0 Å². The summed E-state index contributed by atoms with van der Waals surface area (Å²) in [4.78, 5) is 10.9. The molecule has 126 valence electrons. The van der Waals surface area contributed by atoms with Crippen LogP contribution in [-0.2, 0) is 4.74 Å². The Balaban J connectivity index is 1.87. The second-order valence-corrected chi connectivity index (χ2v) is 5.47. The SMILES string of the molecule is COCOc1cccc(-c2ccc3c(c2)OCCC3NC(=O)O)c1. The fraction of sp³-hybridized carbons (Fsp3) is 0.278. The summed E-state index contributed by atoms with van der Waals surface area (Å²) in [6.45, 7) is 0.678. The average Bonchev–Trinajstić information content (AvgIpc) is 2.59. The second-order valence-electron chi connectivity index (χ2n) is 5.47. The van der Waals surface area contributed by atoms with Crippen molar-refractivity contribution in [2.75, 3.05) is 20.5 Å². The highest BCUT2D eigenvalue weighted by atomic mass is 16.7. The lowest BCUT2D eigenvalue weighted by atomic mass is 9.96. The highest BCUT2D eigenvalue weighted by molar-refractivity contribution is 5.69. The molecule has 1 aliphatic heterocycles. The molecule has 0 saturated heterocycles. The molecule has 1 amide bonds. The van der Waals surface area contributed by atoms with Crippen molar-refractivity contribution in [3.63, 3.8) is 0 Å². The van der Waals surface area contributed by atoms with Gasteiger partial charge in [-0.25, -0.2) is 4.79 Å². The third kappa shape index (κ3) is 3.60. The van der Waals surface area contributed by atoms with Gasteiger partial charge >= 0.3 is 6.09 Å². The Hall–Kier alpha value is -2.73. The lowest BCUT2D eigenvalue weighted by Crippen LogP contribution is -2.30. The van der Waals surface area contributed by atoms with Crippen LogP contribution in [0, 0.1) is 0 Å². The first-order valence-electron chi connectivity index (χ1n) is 7.66. The van der Waals surface area contributed by atoms with Crippen LogP contribution in [0.1, 0.15) is 18.0 Å². The molecule has 0 aliphatic carbocycles. The largest absolute Gasteiger partial charge is 0.493 e. The number of benzene rings is 2. The number of carboxylic acid groups (broad SMARTS) is 1. The smallest absolute Gasteiger partial charge is 0.405 e. The maximum absolute atomic E-state index is 10.9. The highest BCUT2D eigenvalue weighted by Gasteiger charge is 2.23. The number of hydrogen-bond acceptors (Lipinski definition) is 4. The predicted octanol–water partition coefficient (Wildman–Crippen LogP) is 3.43. The summed E-state index contributed by atoms with van der Waals surface area (Å²) in [5, 5.41) is 11.5. The van der Waals surface area contributed by atoms with Gasteiger partial charge in [0, 0.05) is 19.1 Å². The molecule has 1 aliphatic rings. The van der Waals surface area contributed by atoms with Crippen LogP contribution in [0.2, 0.25) is 0 Å². The molecule has 1 atom stereocenters. The maximum Gasteiger partial charge on any atom is 0.405 e. The number of amides is 1. The first-order valence-corrected chi connectivity index (χ1v) is 7.66. The first kappa shape index (κ1) is 16.1. The van der Waals surface area contributed by atoms with E-state index in [9.17, 15) is 4.79 Å². The fourth-order valence-electron chi connectivity index (χ4n) is 2.76. The van der Waals surface area contributed by atoms with Gasteiger partial charge in [-0.1, -0.05) is 24.3 Å². The van der Waals surface area contributed by atoms with Gasteiger partial charge in [-0.3, -0.25) is 0 Å². The number of ether oxygens (including phenoxy) is 3. The minimum Gasteiger partial charge on any atom is -0.493 e. The number of rotatable bonds is 5. The molecule has 24 heavy (non-hydrogen) atoms. The first-order chi connectivity index (χ1) is 11.7. The van der Waals surface area contributed by atoms with Crippen molar-refractivity contribution in [1.29, 1.82) is 0 Å². The fourth-order valence-corrected chi connectivity index (χ4v) is 2.76. The zero-order chi connectivity index (χ0) is 16.9. The third-order valence-corrected chi connectivity index (χ3v) is 3.86. The third-order valence-electron chi connectivity index (χ3n) is 3.86. The summed E-state index contributed by atoms with van der Waals surface area (Å²) in [7, 11) is 1.58. The Kier molecular flexibility index (Phi) is 4.86. The van der Waals surface area contributed by atoms with Crippen LogP contribution in [-0.4, -0.2) is 31.7 Å². The van der Waals surface area contributed by atoms with Crippen LogP contribution in [0.25, 0.3) is 11.1 Å². The zero-order valence-electron chi connectivity index (χ0n) is 13.3. The van der Waals surface area contributed by atoms with E-state index in [1.807, 2.05) is 42.5 Å². The standard InChI is InChI=1S/C18H19NO5/c1-22-11-24-14-4-2-3-12(9-14)13-5-6-15-16(19-18(20)21)7-8-23-17(15)10-13/h2-6,9-10,16,19H,7-8,11H2,1H3,(H,20,21). The Morgan fingerprint density at radius 2 is 2.12 bits per heavy atom. The summed E-state index contributed by atoms with van der Waals surface area (Å²) >= 11 is 0. The minimum absolute atomic E-state index is 0.194. The lowest BCUT2D eigenvalue weighted by Gasteiger charge is -2.26. The summed E-state index contributed by atoms with van der Waals surface area (Å²) in [5.41, 5.74) is 2.83. The van der Waals surface area contributed by atoms with E-state index in [0.29, 0.717) is 18.8 Å². The van der Waals surface area contributed by atoms with Gasteiger partial charge in [-0.15, -0.1) is 0 Å². The van der Waals surface area contributed by atoms with Crippen molar-refractivity contribution in [1.82, 2.24) is 5.32 Å². The molecule has 0 saturated carbocycles. The molecule has 2 aromatic rings. The second kappa shape index (κ2) is 7.23. The van der Waals surface area contributed by atoms with Crippen molar-refractivity contribution >= 4 is 6.09 Å². The molecule has 0 fully saturated rings. The number of nitrogens with one attached hydrogen (secondary N) is 1. The van der Waals surface area contributed by atoms with Gasteiger partial charge in [-0.05, 0) is 29.3 Å². The Morgan fingerprint density at radius 3 is 2.92 bits per heavy atom. The normalized spacial score (nSPS) is 16.0. The van der Waals surface area contributed by atoms with Crippen LogP contribution in [0.15, 0.2) is 42.5 Å². The Labute approximate surface area is 140 Å². The molecule has 0 aromatic heterocycles. The van der Waals surface area contributed by atoms with Gasteiger partial charge in [0.25, 0.3) is 0 Å². The van der Waals surface area contributed by atoms with E-state index in [-0.39, 0.29) is 12.8 Å². The van der Waals surface area contributed by atoms with E-state index in [4.69, 9.17) is 19.3 Å². The average molecular weight is 329 g/mol. The van der Waals surface area contributed by atoms with Gasteiger partial charge in [0.2, 0.25) is 0 Å². The van der Waals surface area contributed by atoms with Crippen molar-refractivity contribution in [3.05, 3.63) is 48.0 Å². The molecular weight excluding hydrogens is 310 g/mol. The molecule has 1 unspecified atom stereocenters. The van der Waals surface area contributed by atoms with Gasteiger partial charge in [0.15, 0.2) is 6.79 Å². The topological polar surface area (TPSA) is 77.0 Å². The van der Waals surface area contributed by atoms with Crippen LogP contribution < -0.4 is 14.8 Å². The zero-order valence-corrected chi connectivity index (χ0v) is 13.3. The summed E-state index contributed by atoms with van der Waals surface area (Å²) in [5.74, 6) is 1.43. The number of methoxy groups -OCH3 is 1. The Morgan fingerprint density at radius 1 is 1.29 bits per heavy atom. The summed E-state index contributed by atoms with van der Waals surface area (Å²) < 4.78 is 16.1. The van der Waals surface area contributed by atoms with E-state index in [2.05, 4.69) is 5.32 Å². The van der Waals surface area contributed by atoms with Crippen LogP contribution in [0.3, 0.4) is 0 Å². The molecule has 3 rings (SSSR count). The van der Waals surface area contributed by atoms with Crippen LogP contribution >= 0.6 is 0 Å². The Bertz CT molecular complexity index is 731. The summed E-state index contributed by atoms with van der Waals surface area (Å²) in [6, 6.07) is 13.2. The molecule has 1 heterocycles. The molecule has 2 N–H and O–H groups in total. The quantitative estimate of drug-likeness (QED) is 0.822. The van der Waals surface area contributed by atoms with Crippen molar-refractivity contribution < 1.29 is 24.1 Å². The number of carbonyl (C=O) groups is 1. The monoisotopic (exact) mass is 329 g/mol. The lowest BCUT2D eigenvalue weighted by molar-refractivity contribution is 0.0511. The maximum atomic E-state index is 10.9. The van der Waals surface area contributed by atoms with E-state index in [1.54, 1.807) is 7.11 Å².